The highest BCUT2D eigenvalue weighted by atomic mass is 35.5. The number of hydrogen-bond acceptors (Lipinski definition) is 4. The van der Waals surface area contributed by atoms with Gasteiger partial charge in [-0.25, -0.2) is 4.90 Å². The molecule has 6 atom stereocenters. The maximum Gasteiger partial charge on any atom is 0.238 e. The normalized spacial score (nSPS) is 33.6. The molecule has 152 valence electrons. The Morgan fingerprint density at radius 1 is 0.933 bits per heavy atom. The lowest BCUT2D eigenvalue weighted by molar-refractivity contribution is -0.125. The van der Waals surface area contributed by atoms with Gasteiger partial charge in [-0.2, -0.15) is 0 Å². The molecule has 2 aromatic rings. The molecule has 30 heavy (non-hydrogen) atoms. The van der Waals surface area contributed by atoms with Gasteiger partial charge in [-0.3, -0.25) is 9.59 Å². The monoisotopic (exact) mass is 420 g/mol. The van der Waals surface area contributed by atoms with Gasteiger partial charge in [-0.15, -0.1) is 0 Å². The van der Waals surface area contributed by atoms with Crippen LogP contribution in [0.3, 0.4) is 0 Å². The molecule has 2 aliphatic carbocycles. The predicted octanol–water partition coefficient (Wildman–Crippen LogP) is 4.13. The number of carbonyl (C=O) groups excluding carboxylic acids is 2. The van der Waals surface area contributed by atoms with E-state index in [1.807, 2.05) is 56.3 Å². The maximum atomic E-state index is 13.6. The Kier molecular flexibility index (Phi) is 3.73. The molecule has 2 saturated carbocycles. The first-order valence-corrected chi connectivity index (χ1v) is 10.8. The van der Waals surface area contributed by atoms with Gasteiger partial charge in [-0.05, 0) is 55.0 Å². The van der Waals surface area contributed by atoms with E-state index in [4.69, 9.17) is 16.4 Å². The number of aryl methyl sites for hydroxylation is 2. The minimum atomic E-state index is -0.303. The number of carbonyl (C=O) groups is 2. The standard InChI is InChI=1S/C24H21ClN2O3/c1-11-4-3-5-12(2)21(11)27-23(28)17-15-10-16(18(17)24(27)29)22-19(15)20(26-30-22)13-6-8-14(25)9-7-13/h3-9,15-19,22H,10H2,1-2H3/t15-,16-,17-,18-,19-,22+/m0/s1. The number of hydrogen-bond donors (Lipinski definition) is 0. The van der Waals surface area contributed by atoms with E-state index in [0.717, 1.165) is 34.5 Å². The maximum absolute atomic E-state index is 13.6. The first-order chi connectivity index (χ1) is 14.5. The van der Waals surface area contributed by atoms with Crippen LogP contribution >= 0.6 is 11.6 Å². The predicted molar refractivity (Wildman–Crippen MR) is 113 cm³/mol. The number of oxime groups is 1. The van der Waals surface area contributed by atoms with Gasteiger partial charge in [0.1, 0.15) is 6.10 Å². The smallest absolute Gasteiger partial charge is 0.238 e. The van der Waals surface area contributed by atoms with E-state index in [2.05, 4.69) is 5.16 Å². The van der Waals surface area contributed by atoms with E-state index in [9.17, 15) is 9.59 Å². The molecule has 5 nitrogen and oxygen atoms in total. The molecule has 0 N–H and O–H groups in total. The summed E-state index contributed by atoms with van der Waals surface area (Å²) in [5.41, 5.74) is 4.50. The second-order valence-corrected chi connectivity index (χ2v) is 9.38. The highest BCUT2D eigenvalue weighted by molar-refractivity contribution is 6.30. The summed E-state index contributed by atoms with van der Waals surface area (Å²) in [6.07, 6.45) is 0.714. The molecule has 0 spiro atoms. The molecule has 3 fully saturated rings. The van der Waals surface area contributed by atoms with Crippen LogP contribution in [0.15, 0.2) is 47.6 Å². The largest absolute Gasteiger partial charge is 0.391 e. The number of halogens is 1. The molecule has 1 saturated heterocycles. The number of para-hydroxylation sites is 1. The summed E-state index contributed by atoms with van der Waals surface area (Å²) in [4.78, 5) is 34.4. The lowest BCUT2D eigenvalue weighted by atomic mass is 9.71. The summed E-state index contributed by atoms with van der Waals surface area (Å²) in [5.74, 6) is -0.568. The first kappa shape index (κ1) is 18.1. The number of nitrogens with zero attached hydrogens (tertiary/aromatic N) is 2. The van der Waals surface area contributed by atoms with Crippen molar-refractivity contribution in [2.45, 2.75) is 26.4 Å². The first-order valence-electron chi connectivity index (χ1n) is 10.4. The molecular weight excluding hydrogens is 400 g/mol. The van der Waals surface area contributed by atoms with Crippen molar-refractivity contribution in [2.75, 3.05) is 4.90 Å². The Bertz CT molecular complexity index is 1110. The molecule has 0 aromatic heterocycles. The molecule has 6 heteroatoms. The number of rotatable bonds is 2. The van der Waals surface area contributed by atoms with E-state index < -0.39 is 0 Å². The van der Waals surface area contributed by atoms with Gasteiger partial charge in [0.05, 0.1) is 23.2 Å². The van der Waals surface area contributed by atoms with Crippen molar-refractivity contribution in [2.24, 2.45) is 34.7 Å². The van der Waals surface area contributed by atoms with E-state index >= 15 is 0 Å². The van der Waals surface area contributed by atoms with Crippen LogP contribution in [0, 0.1) is 43.4 Å². The van der Waals surface area contributed by atoms with E-state index in [0.29, 0.717) is 5.02 Å². The SMILES string of the molecule is Cc1cccc(C)c1N1C(=O)[C@H]2[C@@H]3C[C@H]([C@H]4C(c5ccc(Cl)cc5)=NO[C@H]34)[C@@H]2C1=O. The Morgan fingerprint density at radius 2 is 1.57 bits per heavy atom. The van der Waals surface area contributed by atoms with E-state index in [1.54, 1.807) is 0 Å². The number of fused-ring (bicyclic) bond motifs is 8. The molecule has 2 heterocycles. The molecule has 0 radical (unpaired) electrons. The number of benzene rings is 2. The number of anilines is 1. The fraction of sp³-hybridized carbons (Fsp3) is 0.375. The van der Waals surface area contributed by atoms with Crippen LogP contribution in [-0.4, -0.2) is 23.6 Å². The van der Waals surface area contributed by atoms with Crippen LogP contribution in [0.25, 0.3) is 0 Å². The number of imide groups is 1. The van der Waals surface area contributed by atoms with Crippen LogP contribution < -0.4 is 4.90 Å². The van der Waals surface area contributed by atoms with Crippen molar-refractivity contribution in [1.29, 1.82) is 0 Å². The summed E-state index contributed by atoms with van der Waals surface area (Å²) in [7, 11) is 0. The molecule has 2 bridgehead atoms. The molecule has 0 unspecified atom stereocenters. The minimum absolute atomic E-state index is 0.0318. The summed E-state index contributed by atoms with van der Waals surface area (Å²) in [6.45, 7) is 3.91. The third kappa shape index (κ3) is 2.21. The highest BCUT2D eigenvalue weighted by Crippen LogP contribution is 2.62. The minimum Gasteiger partial charge on any atom is -0.391 e. The van der Waals surface area contributed by atoms with Gasteiger partial charge in [0.2, 0.25) is 11.8 Å². The lowest BCUT2D eigenvalue weighted by Crippen LogP contribution is -2.41. The summed E-state index contributed by atoms with van der Waals surface area (Å²) >= 11 is 6.04. The zero-order chi connectivity index (χ0) is 20.7. The summed E-state index contributed by atoms with van der Waals surface area (Å²) in [6, 6.07) is 13.4. The average Bonchev–Trinajstić information content (AvgIpc) is 3.45. The summed E-state index contributed by atoms with van der Waals surface area (Å²) in [5, 5.41) is 5.05. The number of amides is 2. The Morgan fingerprint density at radius 3 is 2.23 bits per heavy atom. The van der Waals surface area contributed by atoms with Crippen molar-refractivity contribution < 1.29 is 14.4 Å². The van der Waals surface area contributed by atoms with Gasteiger partial charge in [-0.1, -0.05) is 47.1 Å². The quantitative estimate of drug-likeness (QED) is 0.686. The molecule has 2 amide bonds. The van der Waals surface area contributed by atoms with Gasteiger partial charge < -0.3 is 4.84 Å². The Balaban J connectivity index is 1.38. The van der Waals surface area contributed by atoms with Crippen LogP contribution in [0.1, 0.15) is 23.1 Å². The lowest BCUT2D eigenvalue weighted by Gasteiger charge is -2.29. The zero-order valence-electron chi connectivity index (χ0n) is 16.7. The third-order valence-corrected chi connectivity index (χ3v) is 7.75. The Hall–Kier alpha value is -2.66. The van der Waals surface area contributed by atoms with Crippen molar-refractivity contribution in [3.05, 3.63) is 64.2 Å². The molecule has 2 aromatic carbocycles. The fourth-order valence-corrected chi connectivity index (χ4v) is 6.49. The van der Waals surface area contributed by atoms with Crippen LogP contribution in [-0.2, 0) is 14.4 Å². The second kappa shape index (κ2) is 6.17. The van der Waals surface area contributed by atoms with Gasteiger partial charge in [0.15, 0.2) is 0 Å². The molecule has 6 rings (SSSR count). The summed E-state index contributed by atoms with van der Waals surface area (Å²) < 4.78 is 0. The Labute approximate surface area is 179 Å². The average molecular weight is 421 g/mol. The van der Waals surface area contributed by atoms with Crippen LogP contribution in [0.5, 0.6) is 0 Å². The van der Waals surface area contributed by atoms with E-state index in [1.165, 1.54) is 4.90 Å². The third-order valence-electron chi connectivity index (χ3n) is 7.49. The van der Waals surface area contributed by atoms with Crippen molar-refractivity contribution in [1.82, 2.24) is 0 Å². The molecule has 4 aliphatic rings. The topological polar surface area (TPSA) is 59.0 Å². The van der Waals surface area contributed by atoms with Gasteiger partial charge in [0.25, 0.3) is 0 Å². The molecule has 2 aliphatic heterocycles. The van der Waals surface area contributed by atoms with E-state index in [-0.39, 0.29) is 47.5 Å². The van der Waals surface area contributed by atoms with Crippen molar-refractivity contribution in [3.8, 4) is 0 Å². The van der Waals surface area contributed by atoms with Crippen LogP contribution in [0.2, 0.25) is 5.02 Å². The van der Waals surface area contributed by atoms with Crippen LogP contribution in [0.4, 0.5) is 5.69 Å². The molecular formula is C24H21ClN2O3. The fourth-order valence-electron chi connectivity index (χ4n) is 6.36. The van der Waals surface area contributed by atoms with Crippen molar-refractivity contribution >= 4 is 34.8 Å². The van der Waals surface area contributed by atoms with Gasteiger partial charge in [0, 0.05) is 16.9 Å². The second-order valence-electron chi connectivity index (χ2n) is 8.95. The zero-order valence-corrected chi connectivity index (χ0v) is 17.5. The highest BCUT2D eigenvalue weighted by Gasteiger charge is 2.70. The van der Waals surface area contributed by atoms with Crippen molar-refractivity contribution in [3.63, 3.8) is 0 Å². The van der Waals surface area contributed by atoms with Gasteiger partial charge >= 0.3 is 0 Å².